The van der Waals surface area contributed by atoms with Gasteiger partial charge in [-0.25, -0.2) is 0 Å². The van der Waals surface area contributed by atoms with Crippen molar-refractivity contribution in [3.8, 4) is 0 Å². The molecule has 0 amide bonds. The van der Waals surface area contributed by atoms with E-state index in [4.69, 9.17) is 11.6 Å². The molecule has 0 saturated carbocycles. The fourth-order valence-corrected chi connectivity index (χ4v) is 3.09. The number of H-pyrrole nitrogens is 1. The second-order valence-electron chi connectivity index (χ2n) is 3.57. The highest BCUT2D eigenvalue weighted by atomic mass is 79.9. The van der Waals surface area contributed by atoms with Crippen LogP contribution in [0.2, 0.25) is 5.02 Å². The Balaban J connectivity index is 2.82. The van der Waals surface area contributed by atoms with Crippen molar-refractivity contribution in [2.75, 3.05) is 0 Å². The standard InChI is InChI=1S/C10H10BrClN2/c1-5(2)9-7(12)3-8-6(10(9)11)4-13-14-8/h3-5H,1-2H3,(H,13,14). The lowest BCUT2D eigenvalue weighted by Gasteiger charge is -2.11. The predicted octanol–water partition coefficient (Wildman–Crippen LogP) is 4.10. The molecule has 1 heterocycles. The maximum absolute atomic E-state index is 6.18. The van der Waals surface area contributed by atoms with Gasteiger partial charge in [-0.3, -0.25) is 5.10 Å². The number of hydrogen-bond donors (Lipinski definition) is 1. The van der Waals surface area contributed by atoms with Crippen molar-refractivity contribution in [2.24, 2.45) is 0 Å². The van der Waals surface area contributed by atoms with Gasteiger partial charge in [0.05, 0.1) is 11.7 Å². The number of fused-ring (bicyclic) bond motifs is 1. The molecule has 0 saturated heterocycles. The zero-order chi connectivity index (χ0) is 10.3. The molecular weight excluding hydrogens is 263 g/mol. The molecule has 2 rings (SSSR count). The quantitative estimate of drug-likeness (QED) is 0.832. The summed E-state index contributed by atoms with van der Waals surface area (Å²) in [5.41, 5.74) is 2.10. The van der Waals surface area contributed by atoms with Gasteiger partial charge in [-0.1, -0.05) is 25.4 Å². The van der Waals surface area contributed by atoms with Gasteiger partial charge in [0.2, 0.25) is 0 Å². The topological polar surface area (TPSA) is 28.7 Å². The van der Waals surface area contributed by atoms with Crippen LogP contribution in [0.5, 0.6) is 0 Å². The van der Waals surface area contributed by atoms with Crippen LogP contribution in [0.1, 0.15) is 25.3 Å². The highest BCUT2D eigenvalue weighted by molar-refractivity contribution is 9.10. The molecule has 14 heavy (non-hydrogen) atoms. The summed E-state index contributed by atoms with van der Waals surface area (Å²) >= 11 is 9.75. The molecule has 2 nitrogen and oxygen atoms in total. The van der Waals surface area contributed by atoms with Crippen LogP contribution < -0.4 is 0 Å². The van der Waals surface area contributed by atoms with Crippen molar-refractivity contribution in [1.29, 1.82) is 0 Å². The molecule has 0 fully saturated rings. The predicted molar refractivity (Wildman–Crippen MR) is 62.9 cm³/mol. The largest absolute Gasteiger partial charge is 0.278 e. The zero-order valence-electron chi connectivity index (χ0n) is 7.94. The summed E-state index contributed by atoms with van der Waals surface area (Å²) in [4.78, 5) is 0. The van der Waals surface area contributed by atoms with Gasteiger partial charge >= 0.3 is 0 Å². The number of aromatic nitrogens is 2. The summed E-state index contributed by atoms with van der Waals surface area (Å²) in [6, 6.07) is 1.92. The van der Waals surface area contributed by atoms with Gasteiger partial charge in [0.15, 0.2) is 0 Å². The van der Waals surface area contributed by atoms with E-state index in [1.54, 1.807) is 0 Å². The summed E-state index contributed by atoms with van der Waals surface area (Å²) in [5.74, 6) is 0.399. The molecule has 0 aliphatic heterocycles. The van der Waals surface area contributed by atoms with E-state index < -0.39 is 0 Å². The molecule has 0 bridgehead atoms. The minimum atomic E-state index is 0.399. The number of rotatable bonds is 1. The van der Waals surface area contributed by atoms with Crippen molar-refractivity contribution in [3.05, 3.63) is 27.3 Å². The van der Waals surface area contributed by atoms with Crippen molar-refractivity contribution in [2.45, 2.75) is 19.8 Å². The van der Waals surface area contributed by atoms with Crippen LogP contribution in [0.4, 0.5) is 0 Å². The van der Waals surface area contributed by atoms with E-state index in [1.165, 1.54) is 0 Å². The zero-order valence-corrected chi connectivity index (χ0v) is 10.3. The van der Waals surface area contributed by atoms with E-state index in [-0.39, 0.29) is 0 Å². The second kappa shape index (κ2) is 3.55. The maximum atomic E-state index is 6.18. The monoisotopic (exact) mass is 272 g/mol. The molecule has 1 aromatic heterocycles. The maximum Gasteiger partial charge on any atom is 0.0676 e. The minimum Gasteiger partial charge on any atom is -0.278 e. The Morgan fingerprint density at radius 3 is 2.86 bits per heavy atom. The van der Waals surface area contributed by atoms with Crippen LogP contribution in [0.25, 0.3) is 10.9 Å². The number of nitrogens with zero attached hydrogens (tertiary/aromatic N) is 1. The molecule has 0 spiro atoms. The van der Waals surface area contributed by atoms with E-state index in [1.807, 2.05) is 12.3 Å². The van der Waals surface area contributed by atoms with Crippen LogP contribution in [0, 0.1) is 0 Å². The fourth-order valence-electron chi connectivity index (χ4n) is 1.56. The summed E-state index contributed by atoms with van der Waals surface area (Å²) in [6.07, 6.45) is 1.81. The lowest BCUT2D eigenvalue weighted by Crippen LogP contribution is -1.91. The molecule has 1 aromatic carbocycles. The van der Waals surface area contributed by atoms with Crippen molar-refractivity contribution in [1.82, 2.24) is 10.2 Å². The number of nitrogens with one attached hydrogen (secondary N) is 1. The van der Waals surface area contributed by atoms with Gasteiger partial charge in [-0.15, -0.1) is 0 Å². The van der Waals surface area contributed by atoms with E-state index in [0.29, 0.717) is 5.92 Å². The Hall–Kier alpha value is -0.540. The number of aromatic amines is 1. The number of benzene rings is 1. The highest BCUT2D eigenvalue weighted by Crippen LogP contribution is 2.36. The van der Waals surface area contributed by atoms with E-state index in [9.17, 15) is 0 Å². The Bertz CT molecular complexity index is 476. The summed E-state index contributed by atoms with van der Waals surface area (Å²) in [6.45, 7) is 4.25. The molecule has 1 N–H and O–H groups in total. The van der Waals surface area contributed by atoms with E-state index in [0.717, 1.165) is 26.0 Å². The first-order chi connectivity index (χ1) is 6.61. The van der Waals surface area contributed by atoms with Crippen LogP contribution in [-0.2, 0) is 0 Å². The molecule has 0 aliphatic carbocycles. The lowest BCUT2D eigenvalue weighted by atomic mass is 10.0. The lowest BCUT2D eigenvalue weighted by molar-refractivity contribution is 0.864. The van der Waals surface area contributed by atoms with Gasteiger partial charge in [0.1, 0.15) is 0 Å². The molecule has 2 aromatic rings. The molecule has 0 atom stereocenters. The van der Waals surface area contributed by atoms with Crippen molar-refractivity contribution in [3.63, 3.8) is 0 Å². The number of hydrogen-bond acceptors (Lipinski definition) is 1. The van der Waals surface area contributed by atoms with Crippen LogP contribution >= 0.6 is 27.5 Å². The third kappa shape index (κ3) is 1.44. The van der Waals surface area contributed by atoms with Crippen LogP contribution in [-0.4, -0.2) is 10.2 Å². The summed E-state index contributed by atoms with van der Waals surface area (Å²) in [5, 5.41) is 8.76. The average Bonchev–Trinajstić information content (AvgIpc) is 2.50. The Morgan fingerprint density at radius 2 is 2.21 bits per heavy atom. The van der Waals surface area contributed by atoms with Crippen molar-refractivity contribution >= 4 is 38.4 Å². The van der Waals surface area contributed by atoms with Gasteiger partial charge < -0.3 is 0 Å². The van der Waals surface area contributed by atoms with E-state index in [2.05, 4.69) is 40.0 Å². The first-order valence-electron chi connectivity index (χ1n) is 4.42. The molecule has 0 aliphatic rings. The molecule has 74 valence electrons. The van der Waals surface area contributed by atoms with Gasteiger partial charge in [-0.2, -0.15) is 5.10 Å². The first-order valence-corrected chi connectivity index (χ1v) is 5.59. The highest BCUT2D eigenvalue weighted by Gasteiger charge is 2.13. The third-order valence-corrected chi connectivity index (χ3v) is 3.41. The van der Waals surface area contributed by atoms with Gasteiger partial charge in [-0.05, 0) is 33.5 Å². The average molecular weight is 274 g/mol. The Morgan fingerprint density at radius 1 is 1.50 bits per heavy atom. The third-order valence-electron chi connectivity index (χ3n) is 2.25. The summed E-state index contributed by atoms with van der Waals surface area (Å²) in [7, 11) is 0. The van der Waals surface area contributed by atoms with Crippen LogP contribution in [0.3, 0.4) is 0 Å². The molecule has 0 unspecified atom stereocenters. The van der Waals surface area contributed by atoms with E-state index >= 15 is 0 Å². The fraction of sp³-hybridized carbons (Fsp3) is 0.300. The van der Waals surface area contributed by atoms with Crippen molar-refractivity contribution < 1.29 is 0 Å². The Labute approximate surface area is 95.8 Å². The second-order valence-corrected chi connectivity index (χ2v) is 4.77. The SMILES string of the molecule is CC(C)c1c(Cl)cc2[nH]ncc2c1Br. The smallest absolute Gasteiger partial charge is 0.0676 e. The summed E-state index contributed by atoms with van der Waals surface area (Å²) < 4.78 is 1.05. The molecule has 0 radical (unpaired) electrons. The number of halogens is 2. The normalized spacial score (nSPS) is 11.5. The first kappa shape index (κ1) is 9.99. The van der Waals surface area contributed by atoms with Gasteiger partial charge in [0.25, 0.3) is 0 Å². The van der Waals surface area contributed by atoms with Crippen LogP contribution in [0.15, 0.2) is 16.7 Å². The minimum absolute atomic E-state index is 0.399. The Kier molecular flexibility index (Phi) is 2.54. The molecular formula is C10H10BrClN2. The van der Waals surface area contributed by atoms with Gasteiger partial charge in [0, 0.05) is 14.9 Å². The molecule has 4 heteroatoms.